The Kier molecular flexibility index (Phi) is 10.9. The maximum absolute atomic E-state index is 12.8. The molecule has 2 N–H and O–H groups in total. The Labute approximate surface area is 232 Å². The van der Waals surface area contributed by atoms with Crippen molar-refractivity contribution in [3.05, 3.63) is 77.4 Å². The molecule has 0 unspecified atom stereocenters. The Balaban J connectivity index is 1.53. The fourth-order valence-corrected chi connectivity index (χ4v) is 3.58. The van der Waals surface area contributed by atoms with Crippen molar-refractivity contribution in [2.45, 2.75) is 12.8 Å². The summed E-state index contributed by atoms with van der Waals surface area (Å²) in [4.78, 5) is 36.9. The highest BCUT2D eigenvalue weighted by Gasteiger charge is 2.19. The minimum Gasteiger partial charge on any atom is -0.493 e. The minimum atomic E-state index is -0.661. The monoisotopic (exact) mass is 549 g/mol. The molecule has 0 heterocycles. The third kappa shape index (κ3) is 7.97. The van der Waals surface area contributed by atoms with Gasteiger partial charge in [-0.05, 0) is 54.4 Å². The van der Waals surface area contributed by atoms with E-state index in [1.54, 1.807) is 42.5 Å². The summed E-state index contributed by atoms with van der Waals surface area (Å²) in [6.45, 7) is 0.359. The van der Waals surface area contributed by atoms with Crippen molar-refractivity contribution in [1.29, 1.82) is 0 Å². The number of rotatable bonds is 13. The number of esters is 1. The number of amides is 2. The van der Waals surface area contributed by atoms with Crippen LogP contribution >= 0.6 is 0 Å². The molecule has 0 fully saturated rings. The molecule has 2 amide bonds. The van der Waals surface area contributed by atoms with Crippen LogP contribution in [0.5, 0.6) is 28.7 Å². The van der Waals surface area contributed by atoms with E-state index < -0.39 is 5.97 Å². The van der Waals surface area contributed by atoms with E-state index in [-0.39, 0.29) is 35.3 Å². The van der Waals surface area contributed by atoms with E-state index in [4.69, 9.17) is 23.7 Å². The largest absolute Gasteiger partial charge is 0.493 e. The number of carbonyl (C=O) groups is 3. The molecule has 0 atom stereocenters. The smallest absolute Gasteiger partial charge is 0.343 e. The Hall–Kier alpha value is -5.06. The van der Waals surface area contributed by atoms with Crippen LogP contribution in [-0.2, 0) is 4.79 Å². The van der Waals surface area contributed by atoms with Crippen molar-refractivity contribution in [3.63, 3.8) is 0 Å². The molecule has 0 bridgehead atoms. The van der Waals surface area contributed by atoms with E-state index in [0.29, 0.717) is 41.3 Å². The summed E-state index contributed by atoms with van der Waals surface area (Å²) >= 11 is 0. The molecule has 11 nitrogen and oxygen atoms in total. The van der Waals surface area contributed by atoms with Crippen LogP contribution in [0.4, 0.5) is 0 Å². The van der Waals surface area contributed by atoms with Gasteiger partial charge in [-0.1, -0.05) is 18.2 Å². The van der Waals surface area contributed by atoms with Gasteiger partial charge < -0.3 is 29.0 Å². The molecule has 11 heteroatoms. The summed E-state index contributed by atoms with van der Waals surface area (Å²) < 4.78 is 26.8. The molecule has 40 heavy (non-hydrogen) atoms. The number of nitrogens with one attached hydrogen (secondary N) is 2. The molecule has 0 radical (unpaired) electrons. The topological polar surface area (TPSA) is 134 Å². The molecule has 0 saturated carbocycles. The highest BCUT2D eigenvalue weighted by molar-refractivity contribution is 5.94. The van der Waals surface area contributed by atoms with Gasteiger partial charge in [0.05, 0.1) is 40.2 Å². The number of carbonyl (C=O) groups excluding carboxylic acids is 3. The third-order valence-corrected chi connectivity index (χ3v) is 5.60. The predicted octanol–water partition coefficient (Wildman–Crippen LogP) is 3.60. The second-order valence-corrected chi connectivity index (χ2v) is 8.23. The molecule has 0 spiro atoms. The highest BCUT2D eigenvalue weighted by Crippen LogP contribution is 2.38. The number of benzene rings is 3. The van der Waals surface area contributed by atoms with Crippen LogP contribution < -0.4 is 34.4 Å². The Morgan fingerprint density at radius 1 is 0.775 bits per heavy atom. The molecule has 0 aliphatic heterocycles. The first-order valence-corrected chi connectivity index (χ1v) is 12.3. The lowest BCUT2D eigenvalue weighted by atomic mass is 10.1. The standard InChI is InChI=1S/C29H31N3O8/c1-36-23-15-19(18-31-32-26(33)11-8-14-30-28(34)20-9-6-5-7-10-20)12-13-22(23)40-29(35)21-16-24(37-2)27(39-4)25(17-21)38-3/h5-7,9-10,12-13,15-18H,8,11,14H2,1-4H3,(H,30,34)(H,32,33). The van der Waals surface area contributed by atoms with Crippen molar-refractivity contribution < 1.29 is 38.1 Å². The average molecular weight is 550 g/mol. The maximum Gasteiger partial charge on any atom is 0.343 e. The zero-order valence-electron chi connectivity index (χ0n) is 22.7. The number of ether oxygens (including phenoxy) is 5. The van der Waals surface area contributed by atoms with Crippen LogP contribution in [-0.4, -0.2) is 59.0 Å². The first-order chi connectivity index (χ1) is 19.4. The highest BCUT2D eigenvalue weighted by atomic mass is 16.6. The summed E-state index contributed by atoms with van der Waals surface area (Å²) in [5, 5.41) is 6.73. The van der Waals surface area contributed by atoms with E-state index in [2.05, 4.69) is 15.8 Å². The van der Waals surface area contributed by atoms with Crippen molar-refractivity contribution in [3.8, 4) is 28.7 Å². The van der Waals surface area contributed by atoms with E-state index in [0.717, 1.165) is 0 Å². The van der Waals surface area contributed by atoms with Gasteiger partial charge in [0.2, 0.25) is 11.7 Å². The van der Waals surface area contributed by atoms with Gasteiger partial charge in [-0.3, -0.25) is 9.59 Å². The van der Waals surface area contributed by atoms with E-state index in [9.17, 15) is 14.4 Å². The second-order valence-electron chi connectivity index (χ2n) is 8.23. The van der Waals surface area contributed by atoms with Gasteiger partial charge in [-0.2, -0.15) is 5.10 Å². The molecule has 3 aromatic carbocycles. The van der Waals surface area contributed by atoms with E-state index >= 15 is 0 Å². The minimum absolute atomic E-state index is 0.181. The Morgan fingerprint density at radius 2 is 1.45 bits per heavy atom. The number of methoxy groups -OCH3 is 4. The van der Waals surface area contributed by atoms with E-state index in [1.165, 1.54) is 46.8 Å². The molecule has 3 rings (SSSR count). The quantitative estimate of drug-likeness (QED) is 0.109. The zero-order chi connectivity index (χ0) is 28.9. The number of nitrogens with zero attached hydrogens (tertiary/aromatic N) is 1. The molecule has 0 saturated heterocycles. The van der Waals surface area contributed by atoms with Crippen LogP contribution in [0.15, 0.2) is 65.8 Å². The molecule has 3 aromatic rings. The zero-order valence-corrected chi connectivity index (χ0v) is 22.7. The molecule has 0 aliphatic rings. The summed E-state index contributed by atoms with van der Waals surface area (Å²) in [6.07, 6.45) is 2.08. The summed E-state index contributed by atoms with van der Waals surface area (Å²) in [6, 6.07) is 16.6. The fraction of sp³-hybridized carbons (Fsp3) is 0.241. The van der Waals surface area contributed by atoms with Gasteiger partial charge in [-0.15, -0.1) is 0 Å². The lowest BCUT2D eigenvalue weighted by Crippen LogP contribution is -2.26. The van der Waals surface area contributed by atoms with Crippen molar-refractivity contribution in [2.75, 3.05) is 35.0 Å². The summed E-state index contributed by atoms with van der Waals surface area (Å²) in [5.74, 6) is 0.289. The van der Waals surface area contributed by atoms with Gasteiger partial charge in [0.1, 0.15) is 0 Å². The SMILES string of the molecule is COc1cc(C=NNC(=O)CCCNC(=O)c2ccccc2)ccc1OC(=O)c1cc(OC)c(OC)c(OC)c1. The van der Waals surface area contributed by atoms with Crippen LogP contribution in [0.1, 0.15) is 39.1 Å². The van der Waals surface area contributed by atoms with Gasteiger partial charge in [0, 0.05) is 18.5 Å². The third-order valence-electron chi connectivity index (χ3n) is 5.60. The molecular formula is C29H31N3O8. The van der Waals surface area contributed by atoms with Crippen molar-refractivity contribution in [2.24, 2.45) is 5.10 Å². The van der Waals surface area contributed by atoms with Gasteiger partial charge in [0.15, 0.2) is 23.0 Å². The van der Waals surface area contributed by atoms with Gasteiger partial charge in [-0.25, -0.2) is 10.2 Å². The lowest BCUT2D eigenvalue weighted by molar-refractivity contribution is -0.121. The molecular weight excluding hydrogens is 518 g/mol. The predicted molar refractivity (Wildman–Crippen MR) is 148 cm³/mol. The van der Waals surface area contributed by atoms with Crippen LogP contribution in [0, 0.1) is 0 Å². The van der Waals surface area contributed by atoms with Crippen LogP contribution in [0.3, 0.4) is 0 Å². The molecule has 210 valence electrons. The first kappa shape index (κ1) is 29.5. The Bertz CT molecular complexity index is 1330. The number of hydrogen-bond donors (Lipinski definition) is 2. The van der Waals surface area contributed by atoms with Gasteiger partial charge >= 0.3 is 5.97 Å². The molecule has 0 aliphatic carbocycles. The fourth-order valence-electron chi connectivity index (χ4n) is 3.58. The summed E-state index contributed by atoms with van der Waals surface area (Å²) in [7, 11) is 5.80. The van der Waals surface area contributed by atoms with E-state index in [1.807, 2.05) is 6.07 Å². The number of hydrazone groups is 1. The Morgan fingerprint density at radius 3 is 2.08 bits per heavy atom. The summed E-state index contributed by atoms with van der Waals surface area (Å²) in [5.41, 5.74) is 3.79. The van der Waals surface area contributed by atoms with Crippen molar-refractivity contribution in [1.82, 2.24) is 10.7 Å². The first-order valence-electron chi connectivity index (χ1n) is 12.3. The number of hydrogen-bond acceptors (Lipinski definition) is 9. The average Bonchev–Trinajstić information content (AvgIpc) is 2.99. The lowest BCUT2D eigenvalue weighted by Gasteiger charge is -2.14. The van der Waals surface area contributed by atoms with Crippen LogP contribution in [0.2, 0.25) is 0 Å². The second kappa shape index (κ2) is 14.8. The van der Waals surface area contributed by atoms with Crippen molar-refractivity contribution >= 4 is 24.0 Å². The maximum atomic E-state index is 12.8. The normalized spacial score (nSPS) is 10.5. The van der Waals surface area contributed by atoms with Crippen LogP contribution in [0.25, 0.3) is 0 Å². The molecule has 0 aromatic heterocycles. The van der Waals surface area contributed by atoms with Gasteiger partial charge in [0.25, 0.3) is 5.91 Å².